The van der Waals surface area contributed by atoms with E-state index in [4.69, 9.17) is 16.3 Å². The molecular weight excluding hydrogens is 448 g/mol. The van der Waals surface area contributed by atoms with Gasteiger partial charge in [-0.05, 0) is 61.0 Å². The summed E-state index contributed by atoms with van der Waals surface area (Å²) in [5.41, 5.74) is 4.46. The molecule has 9 heteroatoms. The van der Waals surface area contributed by atoms with Gasteiger partial charge in [0.1, 0.15) is 12.4 Å². The lowest BCUT2D eigenvalue weighted by molar-refractivity contribution is -0.125. The third-order valence-electron chi connectivity index (χ3n) is 5.28. The minimum absolute atomic E-state index is 0.0619. The number of H-pyrrole nitrogens is 1. The van der Waals surface area contributed by atoms with E-state index in [1.807, 2.05) is 37.3 Å². The molecule has 4 aromatic rings. The summed E-state index contributed by atoms with van der Waals surface area (Å²) < 4.78 is 5.89. The molecule has 32 heavy (non-hydrogen) atoms. The lowest BCUT2D eigenvalue weighted by Gasteiger charge is -2.28. The number of carbonyl (C=O) groups excluding carboxylic acids is 2. The van der Waals surface area contributed by atoms with E-state index < -0.39 is 0 Å². The van der Waals surface area contributed by atoms with E-state index in [1.165, 1.54) is 11.3 Å². The predicted molar refractivity (Wildman–Crippen MR) is 127 cm³/mol. The monoisotopic (exact) mass is 466 g/mol. The molecule has 1 saturated heterocycles. The van der Waals surface area contributed by atoms with Gasteiger partial charge in [-0.15, -0.1) is 11.3 Å². The van der Waals surface area contributed by atoms with Crippen LogP contribution in [0.3, 0.4) is 0 Å². The minimum Gasteiger partial charge on any atom is -0.370 e. The number of morpholine rings is 1. The molecule has 0 spiro atoms. The van der Waals surface area contributed by atoms with Crippen LogP contribution in [0.5, 0.6) is 0 Å². The molecule has 1 aliphatic rings. The van der Waals surface area contributed by atoms with Crippen molar-refractivity contribution in [1.82, 2.24) is 9.97 Å². The van der Waals surface area contributed by atoms with Crippen LogP contribution >= 0.6 is 22.9 Å². The molecule has 2 aromatic carbocycles. The number of benzene rings is 2. The van der Waals surface area contributed by atoms with E-state index in [0.717, 1.165) is 33.0 Å². The molecular formula is C23H19ClN4O3S. The third kappa shape index (κ3) is 4.00. The van der Waals surface area contributed by atoms with Gasteiger partial charge in [-0.25, -0.2) is 4.98 Å². The number of hydrogen-bond donors (Lipinski definition) is 2. The van der Waals surface area contributed by atoms with E-state index in [2.05, 4.69) is 15.3 Å². The van der Waals surface area contributed by atoms with E-state index in [0.29, 0.717) is 28.7 Å². The number of hydrogen-bond acceptors (Lipinski definition) is 5. The first kappa shape index (κ1) is 20.7. The van der Waals surface area contributed by atoms with Crippen molar-refractivity contribution in [3.63, 3.8) is 0 Å². The number of rotatable bonds is 4. The number of halogens is 1. The Balaban J connectivity index is 1.35. The fraction of sp³-hybridized carbons (Fsp3) is 0.174. The van der Waals surface area contributed by atoms with E-state index in [9.17, 15) is 9.59 Å². The molecule has 1 fully saturated rings. The summed E-state index contributed by atoms with van der Waals surface area (Å²) >= 11 is 7.47. The molecule has 0 saturated carbocycles. The fourth-order valence-electron chi connectivity index (χ4n) is 3.72. The summed E-state index contributed by atoms with van der Waals surface area (Å²) in [6.07, 6.45) is 0. The average Bonchev–Trinajstić information content (AvgIpc) is 3.40. The number of fused-ring (bicyclic) bond motifs is 1. The SMILES string of the molecule is Cc1cc(NC(=O)c2ccc3nc(-c4ccc(Cl)s4)[nH]c3c2)ccc1N1CCOCC1=O. The first-order chi connectivity index (χ1) is 15.5. The Morgan fingerprint density at radius 1 is 1.22 bits per heavy atom. The number of nitrogens with zero attached hydrogens (tertiary/aromatic N) is 2. The Kier molecular flexibility index (Phi) is 5.42. The average molecular weight is 467 g/mol. The first-order valence-corrected chi connectivity index (χ1v) is 11.2. The van der Waals surface area contributed by atoms with Gasteiger partial charge in [-0.2, -0.15) is 0 Å². The number of aryl methyl sites for hydroxylation is 1. The van der Waals surface area contributed by atoms with Crippen LogP contribution < -0.4 is 10.2 Å². The maximum Gasteiger partial charge on any atom is 0.255 e. The molecule has 162 valence electrons. The highest BCUT2D eigenvalue weighted by atomic mass is 35.5. The number of nitrogens with one attached hydrogen (secondary N) is 2. The Morgan fingerprint density at radius 2 is 2.09 bits per heavy atom. The lowest BCUT2D eigenvalue weighted by Crippen LogP contribution is -2.42. The predicted octanol–water partition coefficient (Wildman–Crippen LogP) is 4.87. The maximum absolute atomic E-state index is 12.8. The highest BCUT2D eigenvalue weighted by Crippen LogP contribution is 2.31. The smallest absolute Gasteiger partial charge is 0.255 e. The van der Waals surface area contributed by atoms with Gasteiger partial charge in [0.2, 0.25) is 0 Å². The third-order valence-corrected chi connectivity index (χ3v) is 6.52. The number of carbonyl (C=O) groups is 2. The molecule has 2 amide bonds. The van der Waals surface area contributed by atoms with Crippen LogP contribution in [-0.4, -0.2) is 41.5 Å². The normalized spacial score (nSPS) is 14.2. The van der Waals surface area contributed by atoms with Crippen LogP contribution in [0.15, 0.2) is 48.5 Å². The first-order valence-electron chi connectivity index (χ1n) is 10.0. The summed E-state index contributed by atoms with van der Waals surface area (Å²) in [5.74, 6) is 0.434. The van der Waals surface area contributed by atoms with Crippen LogP contribution in [0.4, 0.5) is 11.4 Å². The van der Waals surface area contributed by atoms with Gasteiger partial charge >= 0.3 is 0 Å². The van der Waals surface area contributed by atoms with Gasteiger partial charge in [0.15, 0.2) is 0 Å². The molecule has 5 rings (SSSR count). The van der Waals surface area contributed by atoms with Gasteiger partial charge in [0.05, 0.1) is 26.9 Å². The van der Waals surface area contributed by atoms with Gasteiger partial charge in [0, 0.05) is 23.5 Å². The number of aromatic nitrogens is 2. The van der Waals surface area contributed by atoms with Crippen molar-refractivity contribution in [2.24, 2.45) is 0 Å². The number of amides is 2. The summed E-state index contributed by atoms with van der Waals surface area (Å²) in [5, 5.41) is 2.93. The zero-order chi connectivity index (χ0) is 22.2. The molecule has 0 bridgehead atoms. The van der Waals surface area contributed by atoms with E-state index >= 15 is 0 Å². The van der Waals surface area contributed by atoms with E-state index in [-0.39, 0.29) is 18.4 Å². The molecule has 0 radical (unpaired) electrons. The number of anilines is 2. The number of thiophene rings is 1. The lowest BCUT2D eigenvalue weighted by atomic mass is 10.1. The minimum atomic E-state index is -0.225. The Hall–Kier alpha value is -3.20. The van der Waals surface area contributed by atoms with Crippen LogP contribution in [-0.2, 0) is 9.53 Å². The van der Waals surface area contributed by atoms with Crippen molar-refractivity contribution in [3.8, 4) is 10.7 Å². The van der Waals surface area contributed by atoms with E-state index in [1.54, 1.807) is 23.1 Å². The van der Waals surface area contributed by atoms with Gasteiger partial charge in [-0.1, -0.05) is 11.6 Å². The second kappa shape index (κ2) is 8.38. The molecule has 2 aromatic heterocycles. The number of imidazole rings is 1. The van der Waals surface area contributed by atoms with Crippen LogP contribution in [0.1, 0.15) is 15.9 Å². The summed E-state index contributed by atoms with van der Waals surface area (Å²) in [4.78, 5) is 35.4. The highest BCUT2D eigenvalue weighted by molar-refractivity contribution is 7.19. The van der Waals surface area contributed by atoms with Gasteiger partial charge < -0.3 is 19.9 Å². The Labute approximate surface area is 193 Å². The largest absolute Gasteiger partial charge is 0.370 e. The molecule has 7 nitrogen and oxygen atoms in total. The summed E-state index contributed by atoms with van der Waals surface area (Å²) in [7, 11) is 0. The summed E-state index contributed by atoms with van der Waals surface area (Å²) in [6, 6.07) is 14.6. The topological polar surface area (TPSA) is 87.3 Å². The van der Waals surface area contributed by atoms with Gasteiger partial charge in [0.25, 0.3) is 11.8 Å². The summed E-state index contributed by atoms with van der Waals surface area (Å²) in [6.45, 7) is 3.05. The standard InChI is InChI=1S/C23H19ClN4O3S/c1-13-10-15(3-5-18(13)28-8-9-31-12-21(28)29)25-23(30)14-2-4-16-17(11-14)27-22(26-16)19-6-7-20(24)32-19/h2-7,10-11H,8-9,12H2,1H3,(H,25,30)(H,26,27). The second-order valence-corrected chi connectivity index (χ2v) is 9.19. The van der Waals surface area contributed by atoms with Crippen LogP contribution in [0.2, 0.25) is 4.34 Å². The van der Waals surface area contributed by atoms with Crippen LogP contribution in [0, 0.1) is 6.92 Å². The number of ether oxygens (including phenoxy) is 1. The van der Waals surface area contributed by atoms with Crippen molar-refractivity contribution in [1.29, 1.82) is 0 Å². The fourth-order valence-corrected chi connectivity index (χ4v) is 4.71. The molecule has 0 atom stereocenters. The van der Waals surface area contributed by atoms with Crippen molar-refractivity contribution in [2.45, 2.75) is 6.92 Å². The van der Waals surface area contributed by atoms with Crippen molar-refractivity contribution < 1.29 is 14.3 Å². The quantitative estimate of drug-likeness (QED) is 0.449. The molecule has 0 aliphatic carbocycles. The number of aromatic amines is 1. The van der Waals surface area contributed by atoms with Crippen molar-refractivity contribution >= 4 is 57.2 Å². The highest BCUT2D eigenvalue weighted by Gasteiger charge is 2.21. The van der Waals surface area contributed by atoms with Gasteiger partial charge in [-0.3, -0.25) is 9.59 Å². The molecule has 2 N–H and O–H groups in total. The molecule has 3 heterocycles. The second-order valence-electron chi connectivity index (χ2n) is 7.47. The van der Waals surface area contributed by atoms with Crippen molar-refractivity contribution in [3.05, 3.63) is 64.0 Å². The zero-order valence-corrected chi connectivity index (χ0v) is 18.7. The molecule has 1 aliphatic heterocycles. The zero-order valence-electron chi connectivity index (χ0n) is 17.1. The molecule has 0 unspecified atom stereocenters. The van der Waals surface area contributed by atoms with Crippen molar-refractivity contribution in [2.75, 3.05) is 30.0 Å². The maximum atomic E-state index is 12.8. The Morgan fingerprint density at radius 3 is 2.84 bits per heavy atom. The van der Waals surface area contributed by atoms with Crippen LogP contribution in [0.25, 0.3) is 21.7 Å². The Bertz CT molecular complexity index is 1350.